The number of hydrogen-bond acceptors (Lipinski definition) is 5. The van der Waals surface area contributed by atoms with Crippen LogP contribution in [-0.2, 0) is 20.7 Å². The third-order valence-corrected chi connectivity index (χ3v) is 2.21. The summed E-state index contributed by atoms with van der Waals surface area (Å²) in [6, 6.07) is 4.47. The quantitative estimate of drug-likeness (QED) is 0.444. The molecule has 0 aromatic heterocycles. The first kappa shape index (κ1) is 13.3. The minimum atomic E-state index is -0.311. The van der Waals surface area contributed by atoms with E-state index in [1.165, 1.54) is 19.2 Å². The van der Waals surface area contributed by atoms with E-state index in [9.17, 15) is 9.90 Å². The molecule has 94 valence electrons. The highest BCUT2D eigenvalue weighted by molar-refractivity contribution is 5.69. The number of esters is 1. The van der Waals surface area contributed by atoms with Crippen molar-refractivity contribution in [2.75, 3.05) is 20.3 Å². The van der Waals surface area contributed by atoms with Crippen LogP contribution in [0.5, 0.6) is 11.5 Å². The van der Waals surface area contributed by atoms with Crippen molar-refractivity contribution >= 4 is 5.97 Å². The van der Waals surface area contributed by atoms with Gasteiger partial charge in [0.1, 0.15) is 6.61 Å². The molecule has 5 heteroatoms. The number of carbonyl (C=O) groups is 1. The van der Waals surface area contributed by atoms with Crippen LogP contribution in [0.15, 0.2) is 18.2 Å². The topological polar surface area (TPSA) is 76.0 Å². The van der Waals surface area contributed by atoms with Gasteiger partial charge in [-0.15, -0.1) is 0 Å². The lowest BCUT2D eigenvalue weighted by Crippen LogP contribution is -2.10. The zero-order valence-corrected chi connectivity index (χ0v) is 9.68. The normalized spacial score (nSPS) is 10.2. The van der Waals surface area contributed by atoms with Crippen LogP contribution in [-0.4, -0.2) is 36.5 Å². The molecule has 1 aromatic carbocycles. The third kappa shape index (κ3) is 4.74. The van der Waals surface area contributed by atoms with Crippen molar-refractivity contribution in [1.82, 2.24) is 0 Å². The number of methoxy groups -OCH3 is 1. The van der Waals surface area contributed by atoms with Crippen molar-refractivity contribution in [3.63, 3.8) is 0 Å². The Morgan fingerprint density at radius 3 is 2.65 bits per heavy atom. The average molecular weight is 240 g/mol. The molecule has 0 aliphatic rings. The molecule has 0 fully saturated rings. The van der Waals surface area contributed by atoms with E-state index in [1.54, 1.807) is 6.07 Å². The molecule has 0 atom stereocenters. The second kappa shape index (κ2) is 6.75. The largest absolute Gasteiger partial charge is 0.504 e. The van der Waals surface area contributed by atoms with Gasteiger partial charge in [0.2, 0.25) is 0 Å². The molecule has 0 amide bonds. The molecular weight excluding hydrogens is 224 g/mol. The summed E-state index contributed by atoms with van der Waals surface area (Å²) in [4.78, 5) is 11.3. The van der Waals surface area contributed by atoms with Gasteiger partial charge >= 0.3 is 5.97 Å². The smallest absolute Gasteiger partial charge is 0.306 e. The summed E-state index contributed by atoms with van der Waals surface area (Å²) in [5, 5.41) is 18.4. The number of ether oxygens (including phenoxy) is 2. The maximum Gasteiger partial charge on any atom is 0.306 e. The van der Waals surface area contributed by atoms with E-state index in [-0.39, 0.29) is 30.5 Å². The van der Waals surface area contributed by atoms with Crippen LogP contribution in [0.25, 0.3) is 0 Å². The summed E-state index contributed by atoms with van der Waals surface area (Å²) < 4.78 is 9.63. The minimum Gasteiger partial charge on any atom is -0.504 e. The van der Waals surface area contributed by atoms with E-state index in [0.29, 0.717) is 13.0 Å². The highest BCUT2D eigenvalue weighted by Gasteiger charge is 2.05. The summed E-state index contributed by atoms with van der Waals surface area (Å²) in [6.45, 7) is 0.627. The van der Waals surface area contributed by atoms with Gasteiger partial charge in [-0.25, -0.2) is 0 Å². The Bertz CT molecular complexity index is 375. The van der Waals surface area contributed by atoms with Crippen LogP contribution in [0.4, 0.5) is 0 Å². The SMILES string of the molecule is COCCOC(=O)CCc1ccc(O)c(O)c1. The first-order chi connectivity index (χ1) is 8.13. The molecule has 0 bridgehead atoms. The summed E-state index contributed by atoms with van der Waals surface area (Å²) in [5.74, 6) is -0.665. The van der Waals surface area contributed by atoms with E-state index < -0.39 is 0 Å². The Labute approximate surface area is 99.6 Å². The molecule has 0 spiro atoms. The number of phenolic OH excluding ortho intramolecular Hbond substituents is 2. The van der Waals surface area contributed by atoms with Gasteiger partial charge in [0.25, 0.3) is 0 Å². The Hall–Kier alpha value is -1.75. The molecule has 2 N–H and O–H groups in total. The zero-order chi connectivity index (χ0) is 12.7. The standard InChI is InChI=1S/C12H16O5/c1-16-6-7-17-12(15)5-3-9-2-4-10(13)11(14)8-9/h2,4,8,13-14H,3,5-7H2,1H3. The predicted molar refractivity (Wildman–Crippen MR) is 60.9 cm³/mol. The monoisotopic (exact) mass is 240 g/mol. The van der Waals surface area contributed by atoms with E-state index >= 15 is 0 Å². The molecular formula is C12H16O5. The van der Waals surface area contributed by atoms with Gasteiger partial charge in [-0.3, -0.25) is 4.79 Å². The number of aryl methyl sites for hydroxylation is 1. The van der Waals surface area contributed by atoms with Crippen molar-refractivity contribution < 1.29 is 24.5 Å². The fourth-order valence-corrected chi connectivity index (χ4v) is 1.28. The molecule has 0 unspecified atom stereocenters. The van der Waals surface area contributed by atoms with E-state index in [1.807, 2.05) is 0 Å². The van der Waals surface area contributed by atoms with Gasteiger partial charge in [0.15, 0.2) is 11.5 Å². The molecule has 0 aliphatic carbocycles. The third-order valence-electron chi connectivity index (χ3n) is 2.21. The van der Waals surface area contributed by atoms with E-state index in [0.717, 1.165) is 5.56 Å². The van der Waals surface area contributed by atoms with Crippen LogP contribution in [0, 0.1) is 0 Å². The zero-order valence-electron chi connectivity index (χ0n) is 9.68. The second-order valence-corrected chi connectivity index (χ2v) is 3.54. The average Bonchev–Trinajstić information content (AvgIpc) is 2.31. The van der Waals surface area contributed by atoms with Crippen molar-refractivity contribution in [2.24, 2.45) is 0 Å². The van der Waals surface area contributed by atoms with Crippen LogP contribution in [0.1, 0.15) is 12.0 Å². The summed E-state index contributed by atoms with van der Waals surface area (Å²) >= 11 is 0. The van der Waals surface area contributed by atoms with Crippen LogP contribution >= 0.6 is 0 Å². The highest BCUT2D eigenvalue weighted by Crippen LogP contribution is 2.25. The highest BCUT2D eigenvalue weighted by atomic mass is 16.6. The number of benzene rings is 1. The molecule has 17 heavy (non-hydrogen) atoms. The predicted octanol–water partition coefficient (Wildman–Crippen LogP) is 1.22. The van der Waals surface area contributed by atoms with Gasteiger partial charge in [0, 0.05) is 13.5 Å². The van der Waals surface area contributed by atoms with Crippen molar-refractivity contribution in [3.05, 3.63) is 23.8 Å². The fraction of sp³-hybridized carbons (Fsp3) is 0.417. The number of hydrogen-bond donors (Lipinski definition) is 2. The van der Waals surface area contributed by atoms with Gasteiger partial charge in [-0.2, -0.15) is 0 Å². The van der Waals surface area contributed by atoms with Gasteiger partial charge in [-0.05, 0) is 24.1 Å². The molecule has 0 radical (unpaired) electrons. The molecule has 1 aromatic rings. The van der Waals surface area contributed by atoms with E-state index in [4.69, 9.17) is 14.6 Å². The van der Waals surface area contributed by atoms with Crippen molar-refractivity contribution in [3.8, 4) is 11.5 Å². The van der Waals surface area contributed by atoms with Gasteiger partial charge in [-0.1, -0.05) is 6.07 Å². The lowest BCUT2D eigenvalue weighted by Gasteiger charge is -2.05. The molecule has 0 aliphatic heterocycles. The van der Waals surface area contributed by atoms with Crippen LogP contribution in [0.2, 0.25) is 0 Å². The van der Waals surface area contributed by atoms with Gasteiger partial charge in [0.05, 0.1) is 6.61 Å². The lowest BCUT2D eigenvalue weighted by atomic mass is 10.1. The summed E-state index contributed by atoms with van der Waals surface area (Å²) in [7, 11) is 1.53. The van der Waals surface area contributed by atoms with Crippen molar-refractivity contribution in [2.45, 2.75) is 12.8 Å². The number of carbonyl (C=O) groups excluding carboxylic acids is 1. The summed E-state index contributed by atoms with van der Waals surface area (Å²) in [5.41, 5.74) is 0.768. The van der Waals surface area contributed by atoms with Crippen LogP contribution in [0.3, 0.4) is 0 Å². The molecule has 5 nitrogen and oxygen atoms in total. The Kier molecular flexibility index (Phi) is 5.29. The maximum atomic E-state index is 11.3. The number of rotatable bonds is 6. The fourth-order valence-electron chi connectivity index (χ4n) is 1.28. The Balaban J connectivity index is 2.34. The van der Waals surface area contributed by atoms with Crippen LogP contribution < -0.4 is 0 Å². The van der Waals surface area contributed by atoms with Gasteiger partial charge < -0.3 is 19.7 Å². The Morgan fingerprint density at radius 2 is 2.00 bits per heavy atom. The molecule has 0 saturated carbocycles. The number of aromatic hydroxyl groups is 2. The minimum absolute atomic E-state index is 0.170. The first-order valence-electron chi connectivity index (χ1n) is 5.29. The molecule has 1 rings (SSSR count). The number of phenols is 2. The van der Waals surface area contributed by atoms with E-state index in [2.05, 4.69) is 0 Å². The first-order valence-corrected chi connectivity index (χ1v) is 5.29. The van der Waals surface area contributed by atoms with Crippen molar-refractivity contribution in [1.29, 1.82) is 0 Å². The molecule has 0 heterocycles. The Morgan fingerprint density at radius 1 is 1.24 bits per heavy atom. The summed E-state index contributed by atoms with van der Waals surface area (Å²) in [6.07, 6.45) is 0.688. The maximum absolute atomic E-state index is 11.3. The second-order valence-electron chi connectivity index (χ2n) is 3.54. The lowest BCUT2D eigenvalue weighted by molar-refractivity contribution is -0.144. The molecule has 0 saturated heterocycles.